The molecule has 8 heteroatoms. The molecule has 33 heavy (non-hydrogen) atoms. The number of nitrogens with zero attached hydrogens (tertiary/aromatic N) is 1. The molecule has 0 radical (unpaired) electrons. The van der Waals surface area contributed by atoms with Gasteiger partial charge in [0.25, 0.3) is 0 Å². The number of ether oxygens (including phenoxy) is 3. The number of rotatable bonds is 10. The first kappa shape index (κ1) is 24.6. The van der Waals surface area contributed by atoms with E-state index in [1.54, 1.807) is 13.3 Å². The number of benzene rings is 3. The maximum atomic E-state index is 12.2. The lowest BCUT2D eigenvalue weighted by molar-refractivity contribution is -0.120. The van der Waals surface area contributed by atoms with Crippen LogP contribution in [0.5, 0.6) is 17.2 Å². The monoisotopic (exact) mass is 530 g/mol. The summed E-state index contributed by atoms with van der Waals surface area (Å²) in [7, 11) is 1.60. The first-order chi connectivity index (χ1) is 16.0. The van der Waals surface area contributed by atoms with Crippen molar-refractivity contribution < 1.29 is 19.0 Å². The summed E-state index contributed by atoms with van der Waals surface area (Å²) < 4.78 is 17.6. The van der Waals surface area contributed by atoms with E-state index in [0.29, 0.717) is 34.2 Å². The van der Waals surface area contributed by atoms with E-state index in [-0.39, 0.29) is 12.3 Å². The van der Waals surface area contributed by atoms with Crippen molar-refractivity contribution in [2.24, 2.45) is 5.10 Å². The van der Waals surface area contributed by atoms with Crippen LogP contribution in [0.2, 0.25) is 5.02 Å². The van der Waals surface area contributed by atoms with Gasteiger partial charge in [-0.25, -0.2) is 5.43 Å². The second-order valence-electron chi connectivity index (χ2n) is 7.00. The van der Waals surface area contributed by atoms with Crippen LogP contribution in [-0.4, -0.2) is 25.8 Å². The second kappa shape index (κ2) is 12.3. The van der Waals surface area contributed by atoms with E-state index >= 15 is 0 Å². The van der Waals surface area contributed by atoms with Gasteiger partial charge in [-0.05, 0) is 75.9 Å². The molecule has 0 aliphatic carbocycles. The highest BCUT2D eigenvalue weighted by molar-refractivity contribution is 9.10. The number of hydrazone groups is 1. The molecule has 0 fully saturated rings. The zero-order chi connectivity index (χ0) is 23.6. The summed E-state index contributed by atoms with van der Waals surface area (Å²) in [5.41, 5.74) is 5.14. The zero-order valence-corrected chi connectivity index (χ0v) is 20.7. The molecule has 0 aliphatic rings. The molecule has 0 bridgehead atoms. The molecule has 172 valence electrons. The van der Waals surface area contributed by atoms with Crippen molar-refractivity contribution >= 4 is 39.7 Å². The van der Waals surface area contributed by atoms with E-state index in [0.717, 1.165) is 22.4 Å². The molecule has 0 saturated carbocycles. The lowest BCUT2D eigenvalue weighted by atomic mass is 10.1. The summed E-state index contributed by atoms with van der Waals surface area (Å²) in [6.45, 7) is 2.74. The molecule has 0 atom stereocenters. The van der Waals surface area contributed by atoms with E-state index in [1.165, 1.54) is 0 Å². The summed E-state index contributed by atoms with van der Waals surface area (Å²) in [5, 5.41) is 4.74. The van der Waals surface area contributed by atoms with Gasteiger partial charge < -0.3 is 14.2 Å². The first-order valence-corrected chi connectivity index (χ1v) is 11.4. The molecule has 0 unspecified atom stereocenters. The molecule has 1 N–H and O–H groups in total. The lowest BCUT2D eigenvalue weighted by Crippen LogP contribution is -2.19. The quantitative estimate of drug-likeness (QED) is 0.266. The molecule has 3 aromatic carbocycles. The van der Waals surface area contributed by atoms with Crippen molar-refractivity contribution in [3.63, 3.8) is 0 Å². The Balaban J connectivity index is 1.63. The molecule has 0 aliphatic heterocycles. The zero-order valence-electron chi connectivity index (χ0n) is 18.3. The van der Waals surface area contributed by atoms with Crippen molar-refractivity contribution in [3.8, 4) is 17.2 Å². The van der Waals surface area contributed by atoms with Gasteiger partial charge in [0.05, 0.1) is 30.8 Å². The largest absolute Gasteiger partial charge is 0.497 e. The van der Waals surface area contributed by atoms with Crippen molar-refractivity contribution in [1.82, 2.24) is 5.43 Å². The van der Waals surface area contributed by atoms with Gasteiger partial charge in [0.15, 0.2) is 11.5 Å². The average Bonchev–Trinajstić information content (AvgIpc) is 2.80. The third-order valence-corrected chi connectivity index (χ3v) is 5.40. The van der Waals surface area contributed by atoms with Gasteiger partial charge in [-0.1, -0.05) is 35.9 Å². The molecule has 0 spiro atoms. The number of carbonyl (C=O) groups is 1. The van der Waals surface area contributed by atoms with E-state index in [9.17, 15) is 4.79 Å². The van der Waals surface area contributed by atoms with Crippen LogP contribution < -0.4 is 19.6 Å². The van der Waals surface area contributed by atoms with Crippen LogP contribution in [0.1, 0.15) is 23.6 Å². The standard InChI is InChI=1S/C25H24BrClN2O4/c1-3-32-23-13-19(12-22(26)25(23)33-16-18-4-8-20(27)9-5-18)15-28-29-24(30)14-17-6-10-21(31-2)11-7-17/h4-13,15H,3,14,16H2,1-2H3,(H,29,30)/b28-15-. The highest BCUT2D eigenvalue weighted by atomic mass is 79.9. The molecule has 0 saturated heterocycles. The van der Waals surface area contributed by atoms with Crippen LogP contribution in [0.25, 0.3) is 0 Å². The van der Waals surface area contributed by atoms with Crippen LogP contribution in [0.15, 0.2) is 70.2 Å². The summed E-state index contributed by atoms with van der Waals surface area (Å²) in [4.78, 5) is 12.2. The van der Waals surface area contributed by atoms with Crippen LogP contribution in [0.3, 0.4) is 0 Å². The number of hydrogen-bond acceptors (Lipinski definition) is 5. The molecular formula is C25H24BrClN2O4. The maximum absolute atomic E-state index is 12.2. The first-order valence-electron chi connectivity index (χ1n) is 10.3. The van der Waals surface area contributed by atoms with Crippen LogP contribution >= 0.6 is 27.5 Å². The van der Waals surface area contributed by atoms with Crippen LogP contribution in [0.4, 0.5) is 0 Å². The van der Waals surface area contributed by atoms with E-state index in [1.807, 2.05) is 67.6 Å². The number of nitrogens with one attached hydrogen (secondary N) is 1. The normalized spacial score (nSPS) is 10.8. The summed E-state index contributed by atoms with van der Waals surface area (Å²) in [6, 6.07) is 18.4. The SMILES string of the molecule is CCOc1cc(/C=N\NC(=O)Cc2ccc(OC)cc2)cc(Br)c1OCc1ccc(Cl)cc1. The number of halogens is 2. The minimum absolute atomic E-state index is 0.215. The number of carbonyl (C=O) groups excluding carboxylic acids is 1. The summed E-state index contributed by atoms with van der Waals surface area (Å²) in [5.74, 6) is 1.69. The number of methoxy groups -OCH3 is 1. The molecule has 6 nitrogen and oxygen atoms in total. The van der Waals surface area contributed by atoms with Gasteiger partial charge in [-0.3, -0.25) is 4.79 Å². The van der Waals surface area contributed by atoms with Gasteiger partial charge in [0.1, 0.15) is 12.4 Å². The van der Waals surface area contributed by atoms with Crippen molar-refractivity contribution in [2.45, 2.75) is 20.0 Å². The topological polar surface area (TPSA) is 69.2 Å². The molecule has 3 rings (SSSR count). The minimum Gasteiger partial charge on any atom is -0.497 e. The van der Waals surface area contributed by atoms with Gasteiger partial charge >= 0.3 is 0 Å². The fraction of sp³-hybridized carbons (Fsp3) is 0.200. The van der Waals surface area contributed by atoms with Gasteiger partial charge in [-0.15, -0.1) is 0 Å². The molecule has 0 heterocycles. The van der Waals surface area contributed by atoms with Gasteiger partial charge in [0, 0.05) is 5.02 Å². The lowest BCUT2D eigenvalue weighted by Gasteiger charge is -2.14. The molecular weight excluding hydrogens is 508 g/mol. The Morgan fingerprint density at radius 3 is 2.42 bits per heavy atom. The Kier molecular flexibility index (Phi) is 9.15. The third kappa shape index (κ3) is 7.51. The predicted molar refractivity (Wildman–Crippen MR) is 134 cm³/mol. The van der Waals surface area contributed by atoms with E-state index in [2.05, 4.69) is 26.5 Å². The Morgan fingerprint density at radius 2 is 1.76 bits per heavy atom. The summed E-state index contributed by atoms with van der Waals surface area (Å²) in [6.07, 6.45) is 1.77. The minimum atomic E-state index is -0.219. The molecule has 1 amide bonds. The average molecular weight is 532 g/mol. The Morgan fingerprint density at radius 1 is 1.06 bits per heavy atom. The number of amides is 1. The third-order valence-electron chi connectivity index (χ3n) is 4.55. The van der Waals surface area contributed by atoms with E-state index < -0.39 is 0 Å². The Bertz CT molecular complexity index is 1100. The highest BCUT2D eigenvalue weighted by Crippen LogP contribution is 2.37. The fourth-order valence-electron chi connectivity index (χ4n) is 2.95. The summed E-state index contributed by atoms with van der Waals surface area (Å²) >= 11 is 9.48. The van der Waals surface area contributed by atoms with Crippen molar-refractivity contribution in [2.75, 3.05) is 13.7 Å². The second-order valence-corrected chi connectivity index (χ2v) is 8.29. The van der Waals surface area contributed by atoms with E-state index in [4.69, 9.17) is 25.8 Å². The smallest absolute Gasteiger partial charge is 0.244 e. The Hall–Kier alpha value is -3.03. The molecule has 3 aromatic rings. The molecule has 0 aromatic heterocycles. The van der Waals surface area contributed by atoms with Crippen molar-refractivity contribution in [3.05, 3.63) is 86.8 Å². The van der Waals surface area contributed by atoms with Crippen molar-refractivity contribution in [1.29, 1.82) is 0 Å². The predicted octanol–water partition coefficient (Wildman–Crippen LogP) is 5.78. The van der Waals surface area contributed by atoms with Crippen LogP contribution in [0, 0.1) is 0 Å². The Labute approximate surface area is 206 Å². The van der Waals surface area contributed by atoms with Gasteiger partial charge in [-0.2, -0.15) is 5.10 Å². The fourth-order valence-corrected chi connectivity index (χ4v) is 3.65. The highest BCUT2D eigenvalue weighted by Gasteiger charge is 2.12. The van der Waals surface area contributed by atoms with Crippen LogP contribution in [-0.2, 0) is 17.8 Å². The number of hydrogen-bond donors (Lipinski definition) is 1. The maximum Gasteiger partial charge on any atom is 0.244 e. The van der Waals surface area contributed by atoms with Gasteiger partial charge in [0.2, 0.25) is 5.91 Å².